The molecule has 2 rings (SSSR count). The second-order valence-electron chi connectivity index (χ2n) is 8.41. The van der Waals surface area contributed by atoms with Gasteiger partial charge < -0.3 is 15.0 Å². The van der Waals surface area contributed by atoms with Crippen LogP contribution in [0.1, 0.15) is 44.4 Å². The summed E-state index contributed by atoms with van der Waals surface area (Å²) in [6.45, 7) is 11.7. The van der Waals surface area contributed by atoms with E-state index in [1.807, 2.05) is 83.1 Å². The number of nitrogens with zero attached hydrogens (tertiary/aromatic N) is 1. The predicted molar refractivity (Wildman–Crippen MR) is 116 cm³/mol. The van der Waals surface area contributed by atoms with Crippen molar-refractivity contribution < 1.29 is 14.3 Å². The Bertz CT molecular complexity index is 841. The molecule has 0 spiro atoms. The van der Waals surface area contributed by atoms with Crippen molar-refractivity contribution in [3.63, 3.8) is 0 Å². The van der Waals surface area contributed by atoms with Gasteiger partial charge in [-0.05, 0) is 64.3 Å². The smallest absolute Gasteiger partial charge is 0.261 e. The molecular weight excluding hydrogens is 364 g/mol. The molecule has 0 aliphatic carbocycles. The van der Waals surface area contributed by atoms with Crippen molar-refractivity contribution in [2.75, 3.05) is 6.61 Å². The maximum absolute atomic E-state index is 13.0. The highest BCUT2D eigenvalue weighted by Crippen LogP contribution is 2.21. The molecule has 2 amide bonds. The number of rotatable bonds is 7. The normalized spacial score (nSPS) is 12.2. The number of ether oxygens (including phenoxy) is 1. The maximum atomic E-state index is 13.0. The first-order valence-electron chi connectivity index (χ1n) is 9.93. The minimum absolute atomic E-state index is 0.121. The summed E-state index contributed by atoms with van der Waals surface area (Å²) in [5.74, 6) is 0.268. The fraction of sp³-hybridized carbons (Fsp3) is 0.417. The van der Waals surface area contributed by atoms with Gasteiger partial charge in [-0.15, -0.1) is 0 Å². The molecule has 0 saturated heterocycles. The van der Waals surface area contributed by atoms with Gasteiger partial charge in [0, 0.05) is 12.1 Å². The van der Waals surface area contributed by atoms with Crippen molar-refractivity contribution in [2.45, 2.75) is 59.7 Å². The Morgan fingerprint density at radius 1 is 1.03 bits per heavy atom. The molecule has 0 fully saturated rings. The van der Waals surface area contributed by atoms with Gasteiger partial charge in [0.25, 0.3) is 5.91 Å². The lowest BCUT2D eigenvalue weighted by molar-refractivity contribution is -0.142. The zero-order valence-electron chi connectivity index (χ0n) is 18.3. The molecule has 0 aliphatic rings. The summed E-state index contributed by atoms with van der Waals surface area (Å²) < 4.78 is 5.81. The second kappa shape index (κ2) is 9.59. The van der Waals surface area contributed by atoms with Crippen molar-refractivity contribution in [3.8, 4) is 5.75 Å². The van der Waals surface area contributed by atoms with Crippen LogP contribution in [-0.2, 0) is 16.1 Å². The Morgan fingerprint density at radius 3 is 2.31 bits per heavy atom. The van der Waals surface area contributed by atoms with E-state index in [1.165, 1.54) is 0 Å². The van der Waals surface area contributed by atoms with Crippen LogP contribution in [-0.4, -0.2) is 34.9 Å². The van der Waals surface area contributed by atoms with Crippen LogP contribution in [0.2, 0.25) is 0 Å². The van der Waals surface area contributed by atoms with Gasteiger partial charge >= 0.3 is 0 Å². The monoisotopic (exact) mass is 396 g/mol. The van der Waals surface area contributed by atoms with Gasteiger partial charge in [0.05, 0.1) is 0 Å². The lowest BCUT2D eigenvalue weighted by atomic mass is 10.1. The van der Waals surface area contributed by atoms with E-state index in [4.69, 9.17) is 4.74 Å². The number of amides is 2. The number of benzene rings is 2. The van der Waals surface area contributed by atoms with E-state index < -0.39 is 6.04 Å². The number of hydrogen-bond donors (Lipinski definition) is 1. The van der Waals surface area contributed by atoms with E-state index in [9.17, 15) is 9.59 Å². The molecule has 156 valence electrons. The Labute approximate surface area is 174 Å². The first-order valence-corrected chi connectivity index (χ1v) is 9.93. The number of carbonyl (C=O) groups is 2. The Kier molecular flexibility index (Phi) is 7.43. The molecule has 0 saturated carbocycles. The molecule has 1 atom stereocenters. The van der Waals surface area contributed by atoms with Gasteiger partial charge in [-0.25, -0.2) is 0 Å². The molecule has 1 unspecified atom stereocenters. The summed E-state index contributed by atoms with van der Waals surface area (Å²) in [7, 11) is 0. The molecule has 0 aromatic heterocycles. The first kappa shape index (κ1) is 22.5. The Balaban J connectivity index is 2.17. The Morgan fingerprint density at radius 2 is 1.69 bits per heavy atom. The minimum Gasteiger partial charge on any atom is -0.483 e. The highest BCUT2D eigenvalue weighted by molar-refractivity contribution is 5.88. The third-order valence-electron chi connectivity index (χ3n) is 4.77. The second-order valence-corrected chi connectivity index (χ2v) is 8.41. The maximum Gasteiger partial charge on any atom is 0.261 e. The average Bonchev–Trinajstić information content (AvgIpc) is 2.66. The van der Waals surface area contributed by atoms with Gasteiger partial charge in [0.2, 0.25) is 5.91 Å². The number of aryl methyl sites for hydroxylation is 1. The third-order valence-corrected chi connectivity index (χ3v) is 4.77. The van der Waals surface area contributed by atoms with Crippen LogP contribution in [0.5, 0.6) is 5.75 Å². The van der Waals surface area contributed by atoms with Crippen molar-refractivity contribution in [3.05, 3.63) is 65.2 Å². The zero-order valence-corrected chi connectivity index (χ0v) is 18.3. The number of carbonyl (C=O) groups excluding carboxylic acids is 2. The van der Waals surface area contributed by atoms with Crippen LogP contribution >= 0.6 is 0 Å². The molecule has 0 bridgehead atoms. The topological polar surface area (TPSA) is 58.6 Å². The number of nitrogens with one attached hydrogen (secondary N) is 1. The van der Waals surface area contributed by atoms with Crippen LogP contribution in [0.25, 0.3) is 0 Å². The predicted octanol–water partition coefficient (Wildman–Crippen LogP) is 4.01. The third kappa shape index (κ3) is 6.63. The first-order chi connectivity index (χ1) is 13.6. The molecule has 0 aliphatic heterocycles. The van der Waals surface area contributed by atoms with E-state index in [1.54, 1.807) is 11.8 Å². The van der Waals surface area contributed by atoms with Gasteiger partial charge in [0.15, 0.2) is 6.61 Å². The highest BCUT2D eigenvalue weighted by atomic mass is 16.5. The van der Waals surface area contributed by atoms with Crippen LogP contribution in [0.3, 0.4) is 0 Å². The highest BCUT2D eigenvalue weighted by Gasteiger charge is 2.28. The lowest BCUT2D eigenvalue weighted by Gasteiger charge is -2.31. The van der Waals surface area contributed by atoms with Gasteiger partial charge in [-0.2, -0.15) is 0 Å². The van der Waals surface area contributed by atoms with Crippen molar-refractivity contribution in [2.24, 2.45) is 0 Å². The van der Waals surface area contributed by atoms with Crippen LogP contribution in [0, 0.1) is 13.8 Å². The van der Waals surface area contributed by atoms with Crippen LogP contribution in [0.15, 0.2) is 48.5 Å². The van der Waals surface area contributed by atoms with E-state index in [0.717, 1.165) is 16.7 Å². The molecular formula is C24H32N2O3. The van der Waals surface area contributed by atoms with E-state index in [0.29, 0.717) is 12.3 Å². The molecule has 5 heteroatoms. The molecule has 0 heterocycles. The fourth-order valence-electron chi connectivity index (χ4n) is 2.94. The van der Waals surface area contributed by atoms with Gasteiger partial charge in [-0.1, -0.05) is 42.5 Å². The summed E-state index contributed by atoms with van der Waals surface area (Å²) in [6, 6.07) is 14.8. The zero-order chi connectivity index (χ0) is 21.6. The fourth-order valence-corrected chi connectivity index (χ4v) is 2.94. The summed E-state index contributed by atoms with van der Waals surface area (Å²) in [5, 5.41) is 2.96. The quantitative estimate of drug-likeness (QED) is 0.769. The SMILES string of the molecule is Cc1cccc(OCC(=O)N(Cc2ccccc2)C(C)C(=O)NC(C)(C)C)c1C. The molecule has 5 nitrogen and oxygen atoms in total. The number of hydrogen-bond acceptors (Lipinski definition) is 3. The summed E-state index contributed by atoms with van der Waals surface area (Å²) in [5.41, 5.74) is 2.70. The van der Waals surface area contributed by atoms with Crippen LogP contribution in [0.4, 0.5) is 0 Å². The molecule has 2 aromatic rings. The van der Waals surface area contributed by atoms with E-state index >= 15 is 0 Å². The van der Waals surface area contributed by atoms with E-state index in [2.05, 4.69) is 5.32 Å². The summed E-state index contributed by atoms with van der Waals surface area (Å²) in [4.78, 5) is 27.3. The molecule has 2 aromatic carbocycles. The summed E-state index contributed by atoms with van der Waals surface area (Å²) in [6.07, 6.45) is 0. The Hall–Kier alpha value is -2.82. The van der Waals surface area contributed by atoms with Crippen molar-refractivity contribution >= 4 is 11.8 Å². The van der Waals surface area contributed by atoms with Crippen molar-refractivity contribution in [1.29, 1.82) is 0 Å². The molecule has 29 heavy (non-hydrogen) atoms. The molecule has 1 N–H and O–H groups in total. The van der Waals surface area contributed by atoms with Crippen LogP contribution < -0.4 is 10.1 Å². The standard InChI is InChI=1S/C24H32N2O3/c1-17-11-10-14-21(18(17)2)29-16-22(27)26(15-20-12-8-7-9-13-20)19(3)23(28)25-24(4,5)6/h7-14,19H,15-16H2,1-6H3,(H,25,28). The van der Waals surface area contributed by atoms with Crippen molar-refractivity contribution in [1.82, 2.24) is 10.2 Å². The average molecular weight is 397 g/mol. The molecule has 0 radical (unpaired) electrons. The van der Waals surface area contributed by atoms with Gasteiger partial charge in [0.1, 0.15) is 11.8 Å². The largest absolute Gasteiger partial charge is 0.483 e. The minimum atomic E-state index is -0.621. The summed E-state index contributed by atoms with van der Waals surface area (Å²) >= 11 is 0. The van der Waals surface area contributed by atoms with Gasteiger partial charge in [-0.3, -0.25) is 9.59 Å². The lowest BCUT2D eigenvalue weighted by Crippen LogP contribution is -2.53. The van der Waals surface area contributed by atoms with E-state index in [-0.39, 0.29) is 24.0 Å².